The summed E-state index contributed by atoms with van der Waals surface area (Å²) in [6.45, 7) is 4.89. The molecular weight excluding hydrogens is 212 g/mol. The van der Waals surface area contributed by atoms with Gasteiger partial charge in [-0.3, -0.25) is 0 Å². The van der Waals surface area contributed by atoms with Gasteiger partial charge in [0.25, 0.3) is 0 Å². The first kappa shape index (κ1) is 10.4. The molecule has 5 heteroatoms. The van der Waals surface area contributed by atoms with Crippen molar-refractivity contribution in [2.24, 2.45) is 5.41 Å². The third-order valence-corrected chi connectivity index (χ3v) is 3.70. The van der Waals surface area contributed by atoms with Crippen LogP contribution in [0, 0.1) is 12.3 Å². The second-order valence-corrected chi connectivity index (χ2v) is 5.60. The van der Waals surface area contributed by atoms with E-state index in [2.05, 4.69) is 17.2 Å². The summed E-state index contributed by atoms with van der Waals surface area (Å²) in [6.07, 6.45) is 2.49. The zero-order chi connectivity index (χ0) is 11.1. The number of aromatic carboxylic acids is 1. The molecule has 1 aliphatic rings. The fourth-order valence-corrected chi connectivity index (χ4v) is 2.15. The minimum atomic E-state index is -0.950. The number of anilines is 1. The van der Waals surface area contributed by atoms with E-state index in [1.54, 1.807) is 6.92 Å². The quantitative estimate of drug-likeness (QED) is 0.827. The number of aryl methyl sites for hydroxylation is 1. The molecule has 1 aromatic heterocycles. The minimum absolute atomic E-state index is 0.170. The van der Waals surface area contributed by atoms with Gasteiger partial charge in [-0.1, -0.05) is 6.92 Å². The van der Waals surface area contributed by atoms with Gasteiger partial charge in [0.05, 0.1) is 0 Å². The van der Waals surface area contributed by atoms with E-state index in [4.69, 9.17) is 5.11 Å². The van der Waals surface area contributed by atoms with Crippen LogP contribution in [0.15, 0.2) is 0 Å². The Hall–Kier alpha value is -1.10. The molecule has 0 radical (unpaired) electrons. The van der Waals surface area contributed by atoms with Gasteiger partial charge in [-0.15, -0.1) is 11.3 Å². The van der Waals surface area contributed by atoms with Crippen molar-refractivity contribution in [2.45, 2.75) is 26.7 Å². The average Bonchev–Trinajstić information content (AvgIpc) is 2.75. The fourth-order valence-electron chi connectivity index (χ4n) is 1.35. The van der Waals surface area contributed by atoms with Gasteiger partial charge >= 0.3 is 5.97 Å². The average molecular weight is 226 g/mol. The molecule has 0 aliphatic heterocycles. The van der Waals surface area contributed by atoms with Gasteiger partial charge in [-0.2, -0.15) is 0 Å². The summed E-state index contributed by atoms with van der Waals surface area (Å²) in [6, 6.07) is 0. The summed E-state index contributed by atoms with van der Waals surface area (Å²) in [4.78, 5) is 15.6. The Morgan fingerprint density at radius 2 is 2.33 bits per heavy atom. The Morgan fingerprint density at radius 1 is 1.67 bits per heavy atom. The summed E-state index contributed by atoms with van der Waals surface area (Å²) in [5.74, 6) is -0.950. The number of hydrogen-bond donors (Lipinski definition) is 2. The largest absolute Gasteiger partial charge is 0.476 e. The molecule has 1 aliphatic carbocycles. The highest BCUT2D eigenvalue weighted by atomic mass is 32.1. The van der Waals surface area contributed by atoms with Crippen LogP contribution in [0.25, 0.3) is 0 Å². The normalized spacial score (nSPS) is 17.5. The lowest BCUT2D eigenvalue weighted by Gasteiger charge is -2.07. The van der Waals surface area contributed by atoms with Gasteiger partial charge in [-0.05, 0) is 25.2 Å². The van der Waals surface area contributed by atoms with Gasteiger partial charge in [-0.25, -0.2) is 9.78 Å². The third kappa shape index (κ3) is 2.28. The van der Waals surface area contributed by atoms with Crippen molar-refractivity contribution in [2.75, 3.05) is 11.9 Å². The highest BCUT2D eigenvalue weighted by Gasteiger charge is 2.37. The Balaban J connectivity index is 2.02. The monoisotopic (exact) mass is 226 g/mol. The fraction of sp³-hybridized carbons (Fsp3) is 0.600. The first-order chi connectivity index (χ1) is 7.00. The molecule has 0 saturated heterocycles. The molecule has 15 heavy (non-hydrogen) atoms. The number of rotatable bonds is 4. The van der Waals surface area contributed by atoms with E-state index in [1.165, 1.54) is 24.2 Å². The van der Waals surface area contributed by atoms with E-state index in [0.29, 0.717) is 5.41 Å². The van der Waals surface area contributed by atoms with Gasteiger partial charge in [0, 0.05) is 11.4 Å². The second-order valence-electron chi connectivity index (χ2n) is 4.39. The lowest BCUT2D eigenvalue weighted by molar-refractivity contribution is 0.0690. The zero-order valence-corrected chi connectivity index (χ0v) is 9.65. The summed E-state index contributed by atoms with van der Waals surface area (Å²) in [5, 5.41) is 12.8. The number of carbonyl (C=O) groups is 1. The summed E-state index contributed by atoms with van der Waals surface area (Å²) in [7, 11) is 0. The molecule has 2 rings (SSSR count). The minimum Gasteiger partial charge on any atom is -0.476 e. The number of nitrogens with zero attached hydrogens (tertiary/aromatic N) is 1. The maximum Gasteiger partial charge on any atom is 0.355 e. The molecule has 2 N–H and O–H groups in total. The third-order valence-electron chi connectivity index (χ3n) is 2.77. The summed E-state index contributed by atoms with van der Waals surface area (Å²) >= 11 is 1.41. The van der Waals surface area contributed by atoms with Crippen LogP contribution in [0.1, 0.15) is 35.1 Å². The number of aromatic nitrogens is 1. The Bertz CT molecular complexity index is 396. The van der Waals surface area contributed by atoms with Crippen molar-refractivity contribution in [3.63, 3.8) is 0 Å². The van der Waals surface area contributed by atoms with Gasteiger partial charge < -0.3 is 10.4 Å². The van der Waals surface area contributed by atoms with Crippen LogP contribution >= 0.6 is 11.3 Å². The van der Waals surface area contributed by atoms with Crippen LogP contribution in [-0.2, 0) is 0 Å². The standard InChI is InChI=1S/C10H14N2O2S/c1-6-7(8(13)14)12-9(15-6)11-5-10(2)3-4-10/h3-5H2,1-2H3,(H,11,12)(H,13,14). The first-order valence-corrected chi connectivity index (χ1v) is 5.76. The number of thiazole rings is 1. The molecule has 82 valence electrons. The number of nitrogens with one attached hydrogen (secondary N) is 1. The first-order valence-electron chi connectivity index (χ1n) is 4.95. The maximum absolute atomic E-state index is 10.8. The van der Waals surface area contributed by atoms with Crippen LogP contribution in [-0.4, -0.2) is 22.6 Å². The molecule has 1 fully saturated rings. The Labute approximate surface area is 92.3 Å². The van der Waals surface area contributed by atoms with Crippen molar-refractivity contribution in [3.8, 4) is 0 Å². The summed E-state index contributed by atoms with van der Waals surface area (Å²) < 4.78 is 0. The highest BCUT2D eigenvalue weighted by molar-refractivity contribution is 7.15. The topological polar surface area (TPSA) is 62.2 Å². The van der Waals surface area contributed by atoms with Gasteiger partial charge in [0.1, 0.15) is 0 Å². The maximum atomic E-state index is 10.8. The van der Waals surface area contributed by atoms with E-state index < -0.39 is 5.97 Å². The van der Waals surface area contributed by atoms with Crippen molar-refractivity contribution >= 4 is 22.4 Å². The van der Waals surface area contributed by atoms with E-state index in [9.17, 15) is 4.79 Å². The molecule has 0 unspecified atom stereocenters. The highest BCUT2D eigenvalue weighted by Crippen LogP contribution is 2.44. The molecule has 1 aromatic rings. The molecule has 4 nitrogen and oxygen atoms in total. The number of carboxylic acids is 1. The lowest BCUT2D eigenvalue weighted by atomic mass is 10.1. The molecule has 0 spiro atoms. The molecule has 0 bridgehead atoms. The van der Waals surface area contributed by atoms with Crippen molar-refractivity contribution < 1.29 is 9.90 Å². The van der Waals surface area contributed by atoms with Crippen LogP contribution < -0.4 is 5.32 Å². The second kappa shape index (κ2) is 3.48. The van der Waals surface area contributed by atoms with Gasteiger partial charge in [0.2, 0.25) is 0 Å². The molecule has 0 atom stereocenters. The Morgan fingerprint density at radius 3 is 2.80 bits per heavy atom. The number of carboxylic acid groups (broad SMARTS) is 1. The van der Waals surface area contributed by atoms with Crippen LogP contribution in [0.5, 0.6) is 0 Å². The van der Waals surface area contributed by atoms with E-state index in [0.717, 1.165) is 16.6 Å². The molecule has 1 saturated carbocycles. The Kier molecular flexibility index (Phi) is 2.42. The number of hydrogen-bond acceptors (Lipinski definition) is 4. The van der Waals surface area contributed by atoms with E-state index >= 15 is 0 Å². The van der Waals surface area contributed by atoms with E-state index in [-0.39, 0.29) is 5.69 Å². The predicted molar refractivity (Wildman–Crippen MR) is 59.6 cm³/mol. The van der Waals surface area contributed by atoms with Crippen molar-refractivity contribution in [3.05, 3.63) is 10.6 Å². The van der Waals surface area contributed by atoms with Crippen molar-refractivity contribution in [1.82, 2.24) is 4.98 Å². The molecular formula is C10H14N2O2S. The van der Waals surface area contributed by atoms with E-state index in [1.807, 2.05) is 0 Å². The summed E-state index contributed by atoms with van der Waals surface area (Å²) in [5.41, 5.74) is 0.576. The van der Waals surface area contributed by atoms with Gasteiger partial charge in [0.15, 0.2) is 10.8 Å². The molecule has 0 aromatic carbocycles. The smallest absolute Gasteiger partial charge is 0.355 e. The van der Waals surface area contributed by atoms with Crippen LogP contribution in [0.4, 0.5) is 5.13 Å². The molecule has 1 heterocycles. The van der Waals surface area contributed by atoms with Crippen LogP contribution in [0.2, 0.25) is 0 Å². The predicted octanol–water partition coefficient (Wildman–Crippen LogP) is 2.36. The van der Waals surface area contributed by atoms with Crippen molar-refractivity contribution in [1.29, 1.82) is 0 Å². The van der Waals surface area contributed by atoms with Crippen LogP contribution in [0.3, 0.4) is 0 Å². The SMILES string of the molecule is Cc1sc(NCC2(C)CC2)nc1C(=O)O. The lowest BCUT2D eigenvalue weighted by Crippen LogP contribution is -2.11. The molecule has 0 amide bonds. The zero-order valence-electron chi connectivity index (χ0n) is 8.83.